The molecule has 0 bridgehead atoms. The molecule has 0 spiro atoms. The summed E-state index contributed by atoms with van der Waals surface area (Å²) in [6.07, 6.45) is 0.748. The molecule has 1 heterocycles. The Labute approximate surface area is 77.8 Å². The first kappa shape index (κ1) is 10.5. The smallest absolute Gasteiger partial charge is 0.337 e. The van der Waals surface area contributed by atoms with Crippen molar-refractivity contribution in [3.8, 4) is 0 Å². The lowest BCUT2D eigenvalue weighted by Crippen LogP contribution is -2.41. The van der Waals surface area contributed by atoms with Crippen molar-refractivity contribution < 1.29 is 19.4 Å². The highest BCUT2D eigenvalue weighted by Gasteiger charge is 2.31. The van der Waals surface area contributed by atoms with Crippen LogP contribution >= 0.6 is 0 Å². The third kappa shape index (κ3) is 2.97. The van der Waals surface area contributed by atoms with Crippen LogP contribution in [-0.4, -0.2) is 36.5 Å². The summed E-state index contributed by atoms with van der Waals surface area (Å²) in [6, 6.07) is 0. The fraction of sp³-hybridized carbons (Fsp3) is 0.889. The van der Waals surface area contributed by atoms with Crippen molar-refractivity contribution in [2.24, 2.45) is 0 Å². The molecule has 0 aromatic carbocycles. The normalized spacial score (nSPS) is 28.5. The van der Waals surface area contributed by atoms with Gasteiger partial charge in [-0.1, -0.05) is 6.92 Å². The van der Waals surface area contributed by atoms with Gasteiger partial charge in [0.15, 0.2) is 6.10 Å². The minimum absolute atomic E-state index is 0.394. The second-order valence-corrected chi connectivity index (χ2v) is 3.17. The van der Waals surface area contributed by atoms with Crippen molar-refractivity contribution >= 4 is 5.97 Å². The zero-order chi connectivity index (χ0) is 9.68. The van der Waals surface area contributed by atoms with E-state index in [-0.39, 0.29) is 0 Å². The molecule has 0 radical (unpaired) electrons. The number of hydrogen-bond donors (Lipinski definition) is 1. The number of carbonyl (C=O) groups is 1. The van der Waals surface area contributed by atoms with Gasteiger partial charge in [-0.05, 0) is 19.3 Å². The molecule has 1 aliphatic heterocycles. The largest absolute Gasteiger partial charge is 0.464 e. The monoisotopic (exact) mass is 188 g/mol. The van der Waals surface area contributed by atoms with Gasteiger partial charge in [0.05, 0.1) is 12.7 Å². The Morgan fingerprint density at radius 2 is 2.46 bits per heavy atom. The highest BCUT2D eigenvalue weighted by atomic mass is 16.6. The van der Waals surface area contributed by atoms with Gasteiger partial charge < -0.3 is 14.6 Å². The first-order chi connectivity index (χ1) is 6.25. The third-order valence-corrected chi connectivity index (χ3v) is 1.97. The van der Waals surface area contributed by atoms with E-state index in [1.54, 1.807) is 0 Å². The number of ether oxygens (including phenoxy) is 2. The summed E-state index contributed by atoms with van der Waals surface area (Å²) in [5.41, 5.74) is 0. The van der Waals surface area contributed by atoms with Crippen molar-refractivity contribution in [1.82, 2.24) is 0 Å². The van der Waals surface area contributed by atoms with Gasteiger partial charge in [-0.3, -0.25) is 0 Å². The predicted octanol–water partition coefficient (Wildman–Crippen LogP) is 0.480. The van der Waals surface area contributed by atoms with Gasteiger partial charge in [0, 0.05) is 6.61 Å². The van der Waals surface area contributed by atoms with E-state index in [9.17, 15) is 9.90 Å². The maximum atomic E-state index is 11.3. The summed E-state index contributed by atoms with van der Waals surface area (Å²) in [6.45, 7) is 2.85. The highest BCUT2D eigenvalue weighted by Crippen LogP contribution is 2.14. The zero-order valence-corrected chi connectivity index (χ0v) is 7.86. The maximum absolute atomic E-state index is 11.3. The summed E-state index contributed by atoms with van der Waals surface area (Å²) in [4.78, 5) is 11.3. The lowest BCUT2D eigenvalue weighted by Gasteiger charge is -2.25. The first-order valence-corrected chi connectivity index (χ1v) is 4.72. The fourth-order valence-corrected chi connectivity index (χ4v) is 1.28. The molecule has 0 amide bonds. The lowest BCUT2D eigenvalue weighted by molar-refractivity contribution is -0.170. The van der Waals surface area contributed by atoms with Gasteiger partial charge in [-0.15, -0.1) is 0 Å². The van der Waals surface area contributed by atoms with Gasteiger partial charge in [-0.25, -0.2) is 4.79 Å². The summed E-state index contributed by atoms with van der Waals surface area (Å²) in [7, 11) is 0. The number of esters is 1. The van der Waals surface area contributed by atoms with E-state index in [0.29, 0.717) is 19.6 Å². The van der Waals surface area contributed by atoms with Crippen molar-refractivity contribution in [3.05, 3.63) is 0 Å². The van der Waals surface area contributed by atoms with Gasteiger partial charge in [0.25, 0.3) is 0 Å². The molecule has 0 aromatic rings. The second kappa shape index (κ2) is 5.19. The summed E-state index contributed by atoms with van der Waals surface area (Å²) in [5.74, 6) is -0.436. The number of hydrogen-bond acceptors (Lipinski definition) is 4. The van der Waals surface area contributed by atoms with Crippen LogP contribution in [0.1, 0.15) is 26.2 Å². The number of carbonyl (C=O) groups excluding carboxylic acids is 1. The van der Waals surface area contributed by atoms with Crippen LogP contribution in [0.4, 0.5) is 0 Å². The predicted molar refractivity (Wildman–Crippen MR) is 46.2 cm³/mol. The molecular weight excluding hydrogens is 172 g/mol. The quantitative estimate of drug-likeness (QED) is 0.654. The van der Waals surface area contributed by atoms with E-state index in [4.69, 9.17) is 9.47 Å². The summed E-state index contributed by atoms with van der Waals surface area (Å²) in [5, 5.41) is 9.41. The molecule has 2 unspecified atom stereocenters. The molecule has 1 N–H and O–H groups in total. The molecular formula is C9H16O4. The van der Waals surface area contributed by atoms with Gasteiger partial charge in [0.1, 0.15) is 0 Å². The fourth-order valence-electron chi connectivity index (χ4n) is 1.28. The second-order valence-electron chi connectivity index (χ2n) is 3.17. The maximum Gasteiger partial charge on any atom is 0.337 e. The van der Waals surface area contributed by atoms with Crippen LogP contribution in [0, 0.1) is 0 Å². The first-order valence-electron chi connectivity index (χ1n) is 4.72. The number of aliphatic hydroxyl groups excluding tert-OH is 1. The zero-order valence-electron chi connectivity index (χ0n) is 7.86. The average molecular weight is 188 g/mol. The van der Waals surface area contributed by atoms with E-state index >= 15 is 0 Å². The van der Waals surface area contributed by atoms with E-state index < -0.39 is 18.2 Å². The van der Waals surface area contributed by atoms with Crippen LogP contribution in [0.5, 0.6) is 0 Å². The molecule has 13 heavy (non-hydrogen) atoms. The van der Waals surface area contributed by atoms with Gasteiger partial charge in [0.2, 0.25) is 0 Å². The average Bonchev–Trinajstić information content (AvgIpc) is 2.15. The standard InChI is InChI=1S/C9H16O4/c1-2-5-13-9(11)8-7(10)4-3-6-12-8/h7-8,10H,2-6H2,1H3. The Morgan fingerprint density at radius 1 is 1.69 bits per heavy atom. The van der Waals surface area contributed by atoms with Crippen molar-refractivity contribution in [2.75, 3.05) is 13.2 Å². The Morgan fingerprint density at radius 3 is 3.08 bits per heavy atom. The van der Waals surface area contributed by atoms with E-state index in [0.717, 1.165) is 12.8 Å². The minimum Gasteiger partial charge on any atom is -0.464 e. The molecule has 0 aliphatic carbocycles. The van der Waals surface area contributed by atoms with E-state index in [1.165, 1.54) is 0 Å². The molecule has 1 saturated heterocycles. The van der Waals surface area contributed by atoms with Crippen LogP contribution in [0.2, 0.25) is 0 Å². The Hall–Kier alpha value is -0.610. The minimum atomic E-state index is -0.764. The molecule has 1 rings (SSSR count). The topological polar surface area (TPSA) is 55.8 Å². The van der Waals surface area contributed by atoms with Crippen LogP contribution in [0.15, 0.2) is 0 Å². The van der Waals surface area contributed by atoms with E-state index in [2.05, 4.69) is 0 Å². The van der Waals surface area contributed by atoms with Crippen LogP contribution < -0.4 is 0 Å². The van der Waals surface area contributed by atoms with Crippen molar-refractivity contribution in [1.29, 1.82) is 0 Å². The summed E-state index contributed by atoms with van der Waals surface area (Å²) >= 11 is 0. The molecule has 4 heteroatoms. The van der Waals surface area contributed by atoms with Crippen molar-refractivity contribution in [2.45, 2.75) is 38.4 Å². The van der Waals surface area contributed by atoms with Crippen LogP contribution in [0.25, 0.3) is 0 Å². The number of aliphatic hydroxyl groups is 1. The molecule has 4 nitrogen and oxygen atoms in total. The molecule has 0 aromatic heterocycles. The molecule has 76 valence electrons. The van der Waals surface area contributed by atoms with Crippen LogP contribution in [-0.2, 0) is 14.3 Å². The summed E-state index contributed by atoms with van der Waals surface area (Å²) < 4.78 is 10.0. The molecule has 1 fully saturated rings. The molecule has 0 saturated carbocycles. The van der Waals surface area contributed by atoms with E-state index in [1.807, 2.05) is 6.92 Å². The van der Waals surface area contributed by atoms with Crippen LogP contribution in [0.3, 0.4) is 0 Å². The Balaban J connectivity index is 2.35. The third-order valence-electron chi connectivity index (χ3n) is 1.97. The highest BCUT2D eigenvalue weighted by molar-refractivity contribution is 5.75. The van der Waals surface area contributed by atoms with Crippen molar-refractivity contribution in [3.63, 3.8) is 0 Å². The Bertz CT molecular complexity index is 169. The molecule has 2 atom stereocenters. The SMILES string of the molecule is CCCOC(=O)C1OCCCC1O. The molecule has 1 aliphatic rings. The number of rotatable bonds is 3. The van der Waals surface area contributed by atoms with Gasteiger partial charge in [-0.2, -0.15) is 0 Å². The Kier molecular flexibility index (Phi) is 4.18. The lowest BCUT2D eigenvalue weighted by atomic mass is 10.1. The van der Waals surface area contributed by atoms with Gasteiger partial charge >= 0.3 is 5.97 Å².